The summed E-state index contributed by atoms with van der Waals surface area (Å²) in [5.74, 6) is -1.79. The molecule has 4 heteroatoms. The highest BCUT2D eigenvalue weighted by Gasteiger charge is 2.28. The Morgan fingerprint density at radius 1 is 0.655 bits per heavy atom. The van der Waals surface area contributed by atoms with Gasteiger partial charge in [-0.05, 0) is 10.8 Å². The van der Waals surface area contributed by atoms with Crippen molar-refractivity contribution in [2.24, 2.45) is 10.8 Å². The maximum absolute atomic E-state index is 11.8. The average molecular weight is 395 g/mol. The number of allylic oxidation sites excluding steroid dienone is 1. The Bertz CT molecular complexity index is 799. The summed E-state index contributed by atoms with van der Waals surface area (Å²) in [5.41, 5.74) is 1.65. The lowest BCUT2D eigenvalue weighted by Crippen LogP contribution is -2.23. The van der Waals surface area contributed by atoms with Gasteiger partial charge in [-0.15, -0.1) is 0 Å². The van der Waals surface area contributed by atoms with E-state index in [4.69, 9.17) is 5.11 Å². The monoisotopic (exact) mass is 394 g/mol. The number of hydrogen-bond acceptors (Lipinski definition) is 3. The van der Waals surface area contributed by atoms with E-state index in [1.165, 1.54) is 6.08 Å². The zero-order chi connectivity index (χ0) is 22.2. The van der Waals surface area contributed by atoms with Crippen LogP contribution < -0.4 is 0 Å². The first-order valence-corrected chi connectivity index (χ1v) is 9.48. The average Bonchev–Trinajstić information content (AvgIpc) is 2.65. The fourth-order valence-electron chi connectivity index (χ4n) is 3.12. The summed E-state index contributed by atoms with van der Waals surface area (Å²) in [7, 11) is 0. The van der Waals surface area contributed by atoms with E-state index in [2.05, 4.69) is 0 Å². The summed E-state index contributed by atoms with van der Waals surface area (Å²) < 4.78 is 0. The van der Waals surface area contributed by atoms with Crippen molar-refractivity contribution in [3.05, 3.63) is 83.4 Å². The molecule has 0 aliphatic carbocycles. The van der Waals surface area contributed by atoms with Crippen molar-refractivity contribution in [1.29, 1.82) is 0 Å². The van der Waals surface area contributed by atoms with E-state index in [1.54, 1.807) is 48.5 Å². The number of Topliss-reactive ketones (excluding diaryl/α,β-unsaturated/α-hetero) is 2. The Labute approximate surface area is 173 Å². The molecule has 0 atom stereocenters. The molecule has 0 aliphatic heterocycles. The Kier molecular flexibility index (Phi) is 8.26. The van der Waals surface area contributed by atoms with Gasteiger partial charge in [0.05, 0.1) is 0 Å². The first-order valence-electron chi connectivity index (χ1n) is 9.48. The Balaban J connectivity index is 0.000000298. The van der Waals surface area contributed by atoms with Crippen molar-refractivity contribution in [2.75, 3.05) is 0 Å². The predicted octanol–water partition coefficient (Wildman–Crippen LogP) is 5.84. The molecular weight excluding hydrogens is 364 g/mol. The zero-order valence-corrected chi connectivity index (χ0v) is 18.0. The van der Waals surface area contributed by atoms with E-state index in [-0.39, 0.29) is 10.8 Å². The largest absolute Gasteiger partial charge is 0.478 e. The number of carboxylic acid groups (broad SMARTS) is 1. The van der Waals surface area contributed by atoms with Crippen LogP contribution in [0.15, 0.2) is 72.3 Å². The second-order valence-corrected chi connectivity index (χ2v) is 8.79. The second-order valence-electron chi connectivity index (χ2n) is 8.79. The highest BCUT2D eigenvalue weighted by Crippen LogP contribution is 2.38. The van der Waals surface area contributed by atoms with Crippen molar-refractivity contribution in [3.8, 4) is 0 Å². The third-order valence-electron chi connectivity index (χ3n) is 4.16. The molecule has 0 bridgehead atoms. The summed E-state index contributed by atoms with van der Waals surface area (Å²) in [4.78, 5) is 34.2. The molecule has 0 aromatic heterocycles. The molecule has 154 valence electrons. The molecule has 1 N–H and O–H groups in total. The van der Waals surface area contributed by atoms with Crippen LogP contribution in [0.2, 0.25) is 0 Å². The van der Waals surface area contributed by atoms with E-state index < -0.39 is 17.5 Å². The second kappa shape index (κ2) is 9.97. The first-order chi connectivity index (χ1) is 13.3. The van der Waals surface area contributed by atoms with Crippen LogP contribution in [0.5, 0.6) is 0 Å². The molecule has 0 spiro atoms. The van der Waals surface area contributed by atoms with Gasteiger partial charge in [0.15, 0.2) is 0 Å². The van der Waals surface area contributed by atoms with Gasteiger partial charge in [0, 0.05) is 17.2 Å². The van der Waals surface area contributed by atoms with E-state index in [1.807, 2.05) is 53.7 Å². The molecule has 0 radical (unpaired) electrons. The van der Waals surface area contributed by atoms with E-state index >= 15 is 0 Å². The Morgan fingerprint density at radius 3 is 1.17 bits per heavy atom. The molecule has 2 aromatic carbocycles. The maximum atomic E-state index is 11.8. The number of hydrogen-bond donors (Lipinski definition) is 1. The molecule has 0 unspecified atom stereocenters. The van der Waals surface area contributed by atoms with Gasteiger partial charge in [-0.3, -0.25) is 9.59 Å². The fourth-order valence-corrected chi connectivity index (χ4v) is 3.12. The van der Waals surface area contributed by atoms with Crippen LogP contribution in [0.1, 0.15) is 62.3 Å². The smallest absolute Gasteiger partial charge is 0.328 e. The number of carbonyl (C=O) groups excluding carboxylic acids is 2. The van der Waals surface area contributed by atoms with Crippen LogP contribution in [0, 0.1) is 10.8 Å². The summed E-state index contributed by atoms with van der Waals surface area (Å²) in [6.07, 6.45) is 1.33. The van der Waals surface area contributed by atoms with Crippen LogP contribution in [0.25, 0.3) is 0 Å². The van der Waals surface area contributed by atoms with Gasteiger partial charge in [0.1, 0.15) is 0 Å². The summed E-state index contributed by atoms with van der Waals surface area (Å²) in [5, 5.41) is 8.73. The number of ketones is 2. The van der Waals surface area contributed by atoms with Crippen LogP contribution >= 0.6 is 0 Å². The van der Waals surface area contributed by atoms with Gasteiger partial charge in [-0.2, -0.15) is 0 Å². The molecule has 0 saturated heterocycles. The first kappa shape index (κ1) is 24.0. The Hall–Kier alpha value is -3.01. The maximum Gasteiger partial charge on any atom is 0.328 e. The molecule has 0 amide bonds. The zero-order valence-electron chi connectivity index (χ0n) is 18.0. The minimum absolute atomic E-state index is 0.0867. The van der Waals surface area contributed by atoms with Gasteiger partial charge < -0.3 is 5.11 Å². The topological polar surface area (TPSA) is 71.4 Å². The van der Waals surface area contributed by atoms with Gasteiger partial charge in [0.25, 0.3) is 0 Å². The van der Waals surface area contributed by atoms with Gasteiger partial charge >= 0.3 is 5.97 Å². The van der Waals surface area contributed by atoms with Gasteiger partial charge in [-0.1, -0.05) is 108 Å². The minimum Gasteiger partial charge on any atom is -0.478 e. The van der Waals surface area contributed by atoms with Crippen molar-refractivity contribution in [2.45, 2.75) is 41.5 Å². The molecule has 0 heterocycles. The SMILES string of the molecule is CC(C)(C)C(=CC(=O)O)C(C)(C)C.O=C(C(=O)c1ccccc1)c1ccccc1. The predicted molar refractivity (Wildman–Crippen MR) is 116 cm³/mol. The quantitative estimate of drug-likeness (QED) is 0.402. The number of benzene rings is 2. The van der Waals surface area contributed by atoms with E-state index in [0.29, 0.717) is 11.1 Å². The molecule has 0 aliphatic rings. The Morgan fingerprint density at radius 2 is 0.966 bits per heavy atom. The van der Waals surface area contributed by atoms with Crippen LogP contribution in [0.4, 0.5) is 0 Å². The molecular formula is C25H30O4. The molecule has 2 aromatic rings. The number of rotatable bonds is 4. The summed E-state index contributed by atoms with van der Waals surface area (Å²) >= 11 is 0. The number of aliphatic carboxylic acids is 1. The lowest BCUT2D eigenvalue weighted by Gasteiger charge is -2.33. The molecule has 2 rings (SSSR count). The molecule has 0 fully saturated rings. The minimum atomic E-state index is -0.861. The van der Waals surface area contributed by atoms with Crippen molar-refractivity contribution in [1.82, 2.24) is 0 Å². The standard InChI is InChI=1S/C14H10O2.C11H20O2/c15-13(11-7-3-1-4-8-11)14(16)12-9-5-2-6-10-12;1-10(2,3)8(7-9(12)13)11(4,5)6/h1-10H;7H,1-6H3,(H,12,13). The molecule has 29 heavy (non-hydrogen) atoms. The third kappa shape index (κ3) is 7.86. The summed E-state index contributed by atoms with van der Waals surface area (Å²) in [6, 6.07) is 17.2. The van der Waals surface area contributed by atoms with Crippen LogP contribution in [-0.4, -0.2) is 22.6 Å². The van der Waals surface area contributed by atoms with E-state index in [9.17, 15) is 14.4 Å². The normalized spacial score (nSPS) is 11.0. The lowest BCUT2D eigenvalue weighted by atomic mass is 9.72. The number of carbonyl (C=O) groups is 3. The number of carboxylic acids is 1. The lowest BCUT2D eigenvalue weighted by molar-refractivity contribution is -0.131. The van der Waals surface area contributed by atoms with Crippen LogP contribution in [0.3, 0.4) is 0 Å². The third-order valence-corrected chi connectivity index (χ3v) is 4.16. The summed E-state index contributed by atoms with van der Waals surface area (Å²) in [6.45, 7) is 12.2. The van der Waals surface area contributed by atoms with Crippen LogP contribution in [-0.2, 0) is 4.79 Å². The van der Waals surface area contributed by atoms with Crippen molar-refractivity contribution < 1.29 is 19.5 Å². The molecule has 0 saturated carbocycles. The highest BCUT2D eigenvalue weighted by molar-refractivity contribution is 6.49. The van der Waals surface area contributed by atoms with E-state index in [0.717, 1.165) is 5.57 Å². The van der Waals surface area contributed by atoms with Crippen molar-refractivity contribution in [3.63, 3.8) is 0 Å². The van der Waals surface area contributed by atoms with Crippen molar-refractivity contribution >= 4 is 17.5 Å². The van der Waals surface area contributed by atoms with Gasteiger partial charge in [0.2, 0.25) is 11.6 Å². The van der Waals surface area contributed by atoms with Gasteiger partial charge in [-0.25, -0.2) is 4.79 Å². The highest BCUT2D eigenvalue weighted by atomic mass is 16.4. The fraction of sp³-hybridized carbons (Fsp3) is 0.320. The molecule has 4 nitrogen and oxygen atoms in total.